The molecule has 14 nitrogen and oxygen atoms in total. The highest BCUT2D eigenvalue weighted by Gasteiger charge is 2.44. The lowest BCUT2D eigenvalue weighted by Crippen LogP contribution is -2.55. The molecule has 5 amide bonds. The number of benzene rings is 1. The molecule has 54 heavy (non-hydrogen) atoms. The van der Waals surface area contributed by atoms with E-state index in [2.05, 4.69) is 16.0 Å². The Balaban J connectivity index is 1.67. The summed E-state index contributed by atoms with van der Waals surface area (Å²) in [5.74, 6) is -1.70. The summed E-state index contributed by atoms with van der Waals surface area (Å²) in [5, 5.41) is 8.76. The molecule has 3 rings (SSSR count). The van der Waals surface area contributed by atoms with Crippen LogP contribution in [0.3, 0.4) is 0 Å². The quantitative estimate of drug-likeness (QED) is 0.137. The first-order valence-electron chi connectivity index (χ1n) is 19.5. The second kappa shape index (κ2) is 20.8. The summed E-state index contributed by atoms with van der Waals surface area (Å²) in [6.45, 7) is 10.4. The number of nitrogens with zero attached hydrogens (tertiary/aromatic N) is 3. The minimum Gasteiger partial charge on any atom is -0.399 e. The molecule has 304 valence electrons. The fourth-order valence-electron chi connectivity index (χ4n) is 7.90. The predicted octanol–water partition coefficient (Wildman–Crippen LogP) is 2.40. The number of methoxy groups -OCH3 is 2. The van der Waals surface area contributed by atoms with E-state index >= 15 is 0 Å². The molecule has 5 N–H and O–H groups in total. The van der Waals surface area contributed by atoms with Gasteiger partial charge in [-0.1, -0.05) is 53.2 Å². The molecule has 1 heterocycles. The third kappa shape index (κ3) is 11.9. The number of likely N-dealkylation sites (N-methyl/N-ethyl adjacent to an activating group) is 2. The predicted molar refractivity (Wildman–Crippen MR) is 209 cm³/mol. The molecule has 1 saturated heterocycles. The molecule has 14 heteroatoms. The Hall–Kier alpha value is -3.75. The summed E-state index contributed by atoms with van der Waals surface area (Å²) in [7, 11) is 8.46. The Morgan fingerprint density at radius 3 is 2.09 bits per heavy atom. The second-order valence-electron chi connectivity index (χ2n) is 15.8. The first-order valence-corrected chi connectivity index (χ1v) is 19.5. The Labute approximate surface area is 322 Å². The van der Waals surface area contributed by atoms with E-state index in [0.717, 1.165) is 31.2 Å². The normalized spacial score (nSPS) is 19.7. The fraction of sp³-hybridized carbons (Fsp3) is 0.725. The molecule has 1 aliphatic heterocycles. The van der Waals surface area contributed by atoms with Crippen molar-refractivity contribution in [3.8, 4) is 0 Å². The van der Waals surface area contributed by atoms with E-state index in [-0.39, 0.29) is 72.3 Å². The van der Waals surface area contributed by atoms with E-state index in [0.29, 0.717) is 25.2 Å². The van der Waals surface area contributed by atoms with Crippen molar-refractivity contribution >= 4 is 35.2 Å². The fourth-order valence-corrected chi connectivity index (χ4v) is 7.90. The molecule has 1 aromatic rings. The maximum Gasteiger partial charge on any atom is 0.243 e. The number of amides is 5. The zero-order chi connectivity index (χ0) is 40.3. The van der Waals surface area contributed by atoms with Gasteiger partial charge in [0.1, 0.15) is 6.04 Å². The number of ether oxygens (including phenoxy) is 2. The van der Waals surface area contributed by atoms with Crippen LogP contribution >= 0.6 is 0 Å². The molecule has 0 radical (unpaired) electrons. The molecular weight excluding hydrogens is 690 g/mol. The van der Waals surface area contributed by atoms with Crippen molar-refractivity contribution in [1.82, 2.24) is 30.7 Å². The number of nitrogen functional groups attached to an aromatic ring is 1. The van der Waals surface area contributed by atoms with Gasteiger partial charge in [0.25, 0.3) is 0 Å². The van der Waals surface area contributed by atoms with Crippen LogP contribution in [-0.2, 0) is 40.0 Å². The summed E-state index contributed by atoms with van der Waals surface area (Å²) < 4.78 is 11.9. The van der Waals surface area contributed by atoms with Gasteiger partial charge in [-0.3, -0.25) is 28.9 Å². The molecule has 8 atom stereocenters. The van der Waals surface area contributed by atoms with E-state index in [1.54, 1.807) is 50.1 Å². The lowest BCUT2D eigenvalue weighted by Gasteiger charge is -2.39. The number of nitrogens with two attached hydrogens (primary N) is 1. The van der Waals surface area contributed by atoms with Crippen LogP contribution in [0.1, 0.15) is 78.7 Å². The van der Waals surface area contributed by atoms with Gasteiger partial charge in [-0.2, -0.15) is 0 Å². The van der Waals surface area contributed by atoms with Gasteiger partial charge in [-0.15, -0.1) is 0 Å². The summed E-state index contributed by atoms with van der Waals surface area (Å²) in [6.07, 6.45) is 2.66. The van der Waals surface area contributed by atoms with Crippen molar-refractivity contribution in [3.05, 3.63) is 29.8 Å². The van der Waals surface area contributed by atoms with Gasteiger partial charge >= 0.3 is 0 Å². The molecule has 1 aliphatic carbocycles. The number of anilines is 1. The van der Waals surface area contributed by atoms with Gasteiger partial charge < -0.3 is 41.0 Å². The molecule has 1 aromatic carbocycles. The highest BCUT2D eigenvalue weighted by Crippen LogP contribution is 2.34. The first-order chi connectivity index (χ1) is 25.6. The van der Waals surface area contributed by atoms with Crippen LogP contribution in [0, 0.1) is 23.7 Å². The number of carbonyl (C=O) groups is 5. The van der Waals surface area contributed by atoms with Gasteiger partial charge in [0, 0.05) is 40.0 Å². The van der Waals surface area contributed by atoms with E-state index in [4.69, 9.17) is 15.2 Å². The zero-order valence-corrected chi connectivity index (χ0v) is 34.2. The Morgan fingerprint density at radius 1 is 0.907 bits per heavy atom. The number of carbonyl (C=O) groups excluding carboxylic acids is 5. The summed E-state index contributed by atoms with van der Waals surface area (Å²) in [4.78, 5) is 72.7. The first kappa shape index (κ1) is 44.6. The van der Waals surface area contributed by atoms with Gasteiger partial charge in [-0.05, 0) is 75.2 Å². The summed E-state index contributed by atoms with van der Waals surface area (Å²) in [5.41, 5.74) is 7.34. The maximum absolute atomic E-state index is 14.1. The van der Waals surface area contributed by atoms with Gasteiger partial charge in [0.05, 0.1) is 49.2 Å². The standard InChI is InChI=1S/C40H67N7O7/c1-11-25(4)36(46(8)33(49)23-43-40(52)35(24(2)3)45(6)7)31(53-9)21-32(48)47-20-12-13-30(47)37(54-10)26(5)38(50)44-34(28-16-17-28)39(51)42-22-27-14-18-29(41)19-15-27/h14-15,18-19,24-26,28,30-31,34-37H,11-13,16-17,20-23,41H2,1-10H3,(H,42,51)(H,43,52)(H,44,50). The molecule has 8 unspecified atom stereocenters. The molecule has 2 fully saturated rings. The summed E-state index contributed by atoms with van der Waals surface area (Å²) >= 11 is 0. The number of likely N-dealkylation sites (tertiary alicyclic amines) is 1. The molecule has 0 bridgehead atoms. The van der Waals surface area contributed by atoms with Crippen LogP contribution in [0.5, 0.6) is 0 Å². The molecule has 2 aliphatic rings. The van der Waals surface area contributed by atoms with Crippen LogP contribution < -0.4 is 21.7 Å². The highest BCUT2D eigenvalue weighted by molar-refractivity contribution is 5.89. The molecule has 0 spiro atoms. The van der Waals surface area contributed by atoms with Crippen molar-refractivity contribution in [1.29, 1.82) is 0 Å². The minimum absolute atomic E-state index is 0.00879. The third-order valence-electron chi connectivity index (χ3n) is 11.3. The van der Waals surface area contributed by atoms with Crippen LogP contribution in [0.2, 0.25) is 0 Å². The number of hydrogen-bond acceptors (Lipinski definition) is 9. The monoisotopic (exact) mass is 758 g/mol. The van der Waals surface area contributed by atoms with E-state index in [9.17, 15) is 24.0 Å². The SMILES string of the molecule is CCC(C)C(C(CC(=O)N1CCCC1C(OC)C(C)C(=O)NC(C(=O)NCc1ccc(N)cc1)C1CC1)OC)N(C)C(=O)CNC(=O)C(C(C)C)N(C)C. The van der Waals surface area contributed by atoms with E-state index in [1.807, 2.05) is 58.8 Å². The Kier molecular flexibility index (Phi) is 17.2. The third-order valence-corrected chi connectivity index (χ3v) is 11.3. The van der Waals surface area contributed by atoms with Crippen LogP contribution in [0.15, 0.2) is 24.3 Å². The molecule has 1 saturated carbocycles. The largest absolute Gasteiger partial charge is 0.399 e. The zero-order valence-electron chi connectivity index (χ0n) is 34.2. The van der Waals surface area contributed by atoms with Crippen molar-refractivity contribution in [2.24, 2.45) is 23.7 Å². The van der Waals surface area contributed by atoms with Crippen molar-refractivity contribution in [2.45, 2.75) is 116 Å². The van der Waals surface area contributed by atoms with E-state index < -0.39 is 30.2 Å². The van der Waals surface area contributed by atoms with Gasteiger partial charge in [0.2, 0.25) is 29.5 Å². The van der Waals surface area contributed by atoms with E-state index in [1.165, 1.54) is 0 Å². The minimum atomic E-state index is -0.662. The van der Waals surface area contributed by atoms with Crippen molar-refractivity contribution in [2.75, 3.05) is 54.2 Å². The average Bonchev–Trinajstić information content (AvgIpc) is 3.87. The topological polar surface area (TPSA) is 176 Å². The van der Waals surface area contributed by atoms with Crippen molar-refractivity contribution in [3.63, 3.8) is 0 Å². The van der Waals surface area contributed by atoms with Crippen molar-refractivity contribution < 1.29 is 33.4 Å². The van der Waals surface area contributed by atoms with Gasteiger partial charge in [0.15, 0.2) is 0 Å². The van der Waals surface area contributed by atoms with Crippen LogP contribution in [0.4, 0.5) is 5.69 Å². The lowest BCUT2D eigenvalue weighted by molar-refractivity contribution is -0.146. The number of rotatable bonds is 21. The molecular formula is C40H67N7O7. The lowest BCUT2D eigenvalue weighted by atomic mass is 9.90. The average molecular weight is 758 g/mol. The highest BCUT2D eigenvalue weighted by atomic mass is 16.5. The molecule has 0 aromatic heterocycles. The Morgan fingerprint density at radius 2 is 1.56 bits per heavy atom. The number of nitrogens with one attached hydrogen (secondary N) is 3. The smallest absolute Gasteiger partial charge is 0.243 e. The maximum atomic E-state index is 14.1. The second-order valence-corrected chi connectivity index (χ2v) is 15.8. The number of hydrogen-bond donors (Lipinski definition) is 4. The van der Waals surface area contributed by atoms with Crippen LogP contribution in [0.25, 0.3) is 0 Å². The summed E-state index contributed by atoms with van der Waals surface area (Å²) in [6, 6.07) is 5.44. The Bertz CT molecular complexity index is 1400. The van der Waals surface area contributed by atoms with Crippen LogP contribution in [-0.4, -0.2) is 129 Å². The van der Waals surface area contributed by atoms with Gasteiger partial charge in [-0.25, -0.2) is 0 Å².